The third-order valence-electron chi connectivity index (χ3n) is 2.98. The number of nitrogens with zero attached hydrogens (tertiary/aromatic N) is 1. The molecule has 2 N–H and O–H groups in total. The van der Waals surface area contributed by atoms with Crippen LogP contribution in [0.4, 0.5) is 4.79 Å². The van der Waals surface area contributed by atoms with E-state index in [0.29, 0.717) is 24.9 Å². The second-order valence-electron chi connectivity index (χ2n) is 4.50. The van der Waals surface area contributed by atoms with Gasteiger partial charge in [0.05, 0.1) is 6.20 Å². The number of carbonyl (C=O) groups excluding carboxylic acids is 1. The van der Waals surface area contributed by atoms with Gasteiger partial charge in [0, 0.05) is 19.0 Å². The molecule has 0 atom stereocenters. The van der Waals surface area contributed by atoms with Gasteiger partial charge >= 0.3 is 6.03 Å². The van der Waals surface area contributed by atoms with Crippen LogP contribution in [0, 0.1) is 6.92 Å². The van der Waals surface area contributed by atoms with Crippen LogP contribution in [0.5, 0.6) is 0 Å². The number of hydrogen-bond acceptors (Lipinski definition) is 3. The van der Waals surface area contributed by atoms with E-state index in [1.54, 1.807) is 6.20 Å². The molecule has 1 aromatic rings. The smallest absolute Gasteiger partial charge is 0.315 e. The molecule has 1 fully saturated rings. The molecule has 17 heavy (non-hydrogen) atoms. The molecule has 1 saturated carbocycles. The van der Waals surface area contributed by atoms with Crippen LogP contribution in [-0.2, 0) is 6.42 Å². The molecule has 1 aliphatic rings. The zero-order chi connectivity index (χ0) is 12.1. The average Bonchev–Trinajstić information content (AvgIpc) is 2.90. The zero-order valence-corrected chi connectivity index (χ0v) is 10.2. The molecular weight excluding hydrogens is 218 g/mol. The summed E-state index contributed by atoms with van der Waals surface area (Å²) in [7, 11) is 0. The highest BCUT2D eigenvalue weighted by atomic mass is 16.4. The summed E-state index contributed by atoms with van der Waals surface area (Å²) in [6.45, 7) is 2.41. The Hall–Kier alpha value is -1.52. The lowest BCUT2D eigenvalue weighted by Gasteiger charge is -2.12. The van der Waals surface area contributed by atoms with Crippen molar-refractivity contribution < 1.29 is 9.21 Å². The molecule has 1 aliphatic carbocycles. The van der Waals surface area contributed by atoms with E-state index in [4.69, 9.17) is 4.42 Å². The lowest BCUT2D eigenvalue weighted by molar-refractivity contribution is 0.237. The number of aryl methyl sites for hydroxylation is 1. The molecule has 0 unspecified atom stereocenters. The van der Waals surface area contributed by atoms with Gasteiger partial charge in [-0.3, -0.25) is 0 Å². The summed E-state index contributed by atoms with van der Waals surface area (Å²) in [5.74, 6) is 1.47. The Morgan fingerprint density at radius 3 is 2.94 bits per heavy atom. The van der Waals surface area contributed by atoms with E-state index in [2.05, 4.69) is 15.6 Å². The summed E-state index contributed by atoms with van der Waals surface area (Å²) in [4.78, 5) is 15.6. The molecule has 0 spiro atoms. The molecule has 0 radical (unpaired) electrons. The predicted octanol–water partition coefficient (Wildman–Crippen LogP) is 1.77. The van der Waals surface area contributed by atoms with Gasteiger partial charge in [-0.05, 0) is 19.8 Å². The number of carbonyl (C=O) groups is 1. The summed E-state index contributed by atoms with van der Waals surface area (Å²) in [6, 6.07) is 0.277. The summed E-state index contributed by atoms with van der Waals surface area (Å²) < 4.78 is 5.32. The first-order valence-corrected chi connectivity index (χ1v) is 6.20. The summed E-state index contributed by atoms with van der Waals surface area (Å²) in [5.41, 5.74) is 0. The van der Waals surface area contributed by atoms with E-state index in [1.807, 2.05) is 6.92 Å². The normalized spacial score (nSPS) is 16.1. The van der Waals surface area contributed by atoms with Crippen molar-refractivity contribution in [1.82, 2.24) is 15.6 Å². The maximum atomic E-state index is 11.5. The van der Waals surface area contributed by atoms with Crippen molar-refractivity contribution in [3.63, 3.8) is 0 Å². The van der Waals surface area contributed by atoms with Crippen LogP contribution in [0.25, 0.3) is 0 Å². The van der Waals surface area contributed by atoms with Crippen LogP contribution < -0.4 is 10.6 Å². The number of urea groups is 1. The van der Waals surface area contributed by atoms with Gasteiger partial charge in [-0.1, -0.05) is 12.8 Å². The minimum absolute atomic E-state index is 0.0832. The Kier molecular flexibility index (Phi) is 4.01. The van der Waals surface area contributed by atoms with E-state index in [-0.39, 0.29) is 6.03 Å². The van der Waals surface area contributed by atoms with Crippen molar-refractivity contribution in [3.05, 3.63) is 17.8 Å². The molecule has 2 amide bonds. The number of amides is 2. The van der Waals surface area contributed by atoms with E-state index >= 15 is 0 Å². The first-order valence-electron chi connectivity index (χ1n) is 6.20. The van der Waals surface area contributed by atoms with Crippen LogP contribution in [0.3, 0.4) is 0 Å². The van der Waals surface area contributed by atoms with Crippen molar-refractivity contribution in [2.75, 3.05) is 6.54 Å². The Labute approximate surface area is 101 Å². The average molecular weight is 237 g/mol. The van der Waals surface area contributed by atoms with Crippen molar-refractivity contribution in [2.45, 2.75) is 45.1 Å². The van der Waals surface area contributed by atoms with Crippen molar-refractivity contribution in [1.29, 1.82) is 0 Å². The van der Waals surface area contributed by atoms with Gasteiger partial charge in [-0.2, -0.15) is 0 Å². The Morgan fingerprint density at radius 1 is 1.53 bits per heavy atom. The van der Waals surface area contributed by atoms with Crippen LogP contribution in [0.2, 0.25) is 0 Å². The molecule has 1 aromatic heterocycles. The maximum absolute atomic E-state index is 11.5. The fourth-order valence-corrected chi connectivity index (χ4v) is 2.11. The maximum Gasteiger partial charge on any atom is 0.315 e. The lowest BCUT2D eigenvalue weighted by Crippen LogP contribution is -2.41. The lowest BCUT2D eigenvalue weighted by atomic mass is 10.2. The van der Waals surface area contributed by atoms with E-state index in [0.717, 1.165) is 18.6 Å². The number of hydrogen-bond donors (Lipinski definition) is 2. The minimum Gasteiger partial charge on any atom is -0.446 e. The van der Waals surface area contributed by atoms with Gasteiger partial charge in [0.2, 0.25) is 0 Å². The van der Waals surface area contributed by atoms with Gasteiger partial charge in [0.1, 0.15) is 5.76 Å². The van der Waals surface area contributed by atoms with E-state index in [9.17, 15) is 4.79 Å². The second kappa shape index (κ2) is 5.70. The van der Waals surface area contributed by atoms with Gasteiger partial charge in [-0.15, -0.1) is 0 Å². The van der Waals surface area contributed by atoms with Crippen LogP contribution in [0.15, 0.2) is 10.6 Å². The monoisotopic (exact) mass is 237 g/mol. The Bertz CT molecular complexity index is 370. The van der Waals surface area contributed by atoms with Gasteiger partial charge in [0.25, 0.3) is 0 Å². The van der Waals surface area contributed by atoms with Crippen LogP contribution in [0.1, 0.15) is 37.3 Å². The molecular formula is C12H19N3O2. The highest BCUT2D eigenvalue weighted by Crippen LogP contribution is 2.17. The standard InChI is InChI=1S/C12H19N3O2/c1-9-8-14-11(17-9)6-7-13-12(16)15-10-4-2-3-5-10/h8,10H,2-7H2,1H3,(H2,13,15,16). The molecule has 0 bridgehead atoms. The quantitative estimate of drug-likeness (QED) is 0.838. The molecule has 5 nitrogen and oxygen atoms in total. The number of aromatic nitrogens is 1. The minimum atomic E-state index is -0.0832. The summed E-state index contributed by atoms with van der Waals surface area (Å²) >= 11 is 0. The van der Waals surface area contributed by atoms with Gasteiger partial charge in [-0.25, -0.2) is 9.78 Å². The van der Waals surface area contributed by atoms with Crippen LogP contribution in [-0.4, -0.2) is 23.6 Å². The predicted molar refractivity (Wildman–Crippen MR) is 63.7 cm³/mol. The SMILES string of the molecule is Cc1cnc(CCNC(=O)NC2CCCC2)o1. The Morgan fingerprint density at radius 2 is 2.29 bits per heavy atom. The fourth-order valence-electron chi connectivity index (χ4n) is 2.11. The van der Waals surface area contributed by atoms with Crippen LogP contribution >= 0.6 is 0 Å². The highest BCUT2D eigenvalue weighted by Gasteiger charge is 2.16. The number of oxazole rings is 1. The zero-order valence-electron chi connectivity index (χ0n) is 10.2. The number of nitrogens with one attached hydrogen (secondary N) is 2. The molecule has 2 rings (SSSR count). The third kappa shape index (κ3) is 3.76. The molecule has 94 valence electrons. The number of rotatable bonds is 4. The van der Waals surface area contributed by atoms with Gasteiger partial charge in [0.15, 0.2) is 5.89 Å². The van der Waals surface area contributed by atoms with Crippen molar-refractivity contribution in [3.8, 4) is 0 Å². The first-order chi connectivity index (χ1) is 8.24. The summed E-state index contributed by atoms with van der Waals surface area (Å²) in [6.07, 6.45) is 6.97. The molecule has 0 saturated heterocycles. The van der Waals surface area contributed by atoms with Crippen molar-refractivity contribution >= 4 is 6.03 Å². The van der Waals surface area contributed by atoms with Crippen molar-refractivity contribution in [2.24, 2.45) is 0 Å². The summed E-state index contributed by atoms with van der Waals surface area (Å²) in [5, 5.41) is 5.79. The van der Waals surface area contributed by atoms with E-state index < -0.39 is 0 Å². The third-order valence-corrected chi connectivity index (χ3v) is 2.98. The topological polar surface area (TPSA) is 67.2 Å². The highest BCUT2D eigenvalue weighted by molar-refractivity contribution is 5.74. The fraction of sp³-hybridized carbons (Fsp3) is 0.667. The molecule has 1 heterocycles. The largest absolute Gasteiger partial charge is 0.446 e. The molecule has 0 aromatic carbocycles. The second-order valence-corrected chi connectivity index (χ2v) is 4.50. The Balaban J connectivity index is 1.62. The molecule has 0 aliphatic heterocycles. The first kappa shape index (κ1) is 12.0. The van der Waals surface area contributed by atoms with E-state index in [1.165, 1.54) is 12.8 Å². The van der Waals surface area contributed by atoms with Gasteiger partial charge < -0.3 is 15.1 Å². The molecule has 5 heteroatoms.